The molecule has 4 aromatic carbocycles. The Kier molecular flexibility index (Phi) is 12.2. The van der Waals surface area contributed by atoms with Crippen molar-refractivity contribution in [3.05, 3.63) is 157 Å². The van der Waals surface area contributed by atoms with Crippen molar-refractivity contribution in [1.82, 2.24) is 34.9 Å². The van der Waals surface area contributed by atoms with Crippen LogP contribution >= 0.6 is 23.5 Å². The highest BCUT2D eigenvalue weighted by molar-refractivity contribution is 7.99. The van der Waals surface area contributed by atoms with Gasteiger partial charge in [0.25, 0.3) is 0 Å². The number of anilines is 5. The van der Waals surface area contributed by atoms with E-state index in [0.29, 0.717) is 28.8 Å². The van der Waals surface area contributed by atoms with E-state index in [0.717, 1.165) is 81.2 Å². The molecule has 318 valence electrons. The first-order chi connectivity index (χ1) is 31.0. The smallest absolute Gasteiger partial charge is 0.164 e. The monoisotopic (exact) mass is 876 g/mol. The van der Waals surface area contributed by atoms with Crippen molar-refractivity contribution in [3.63, 3.8) is 0 Å². The second-order valence-electron chi connectivity index (χ2n) is 16.5. The Morgan fingerprint density at radius 2 is 1.00 bits per heavy atom. The molecule has 10 nitrogen and oxygen atoms in total. The highest BCUT2D eigenvalue weighted by atomic mass is 32.2. The van der Waals surface area contributed by atoms with Crippen LogP contribution in [0.1, 0.15) is 56.5 Å². The molecule has 0 atom stereocenters. The van der Waals surface area contributed by atoms with Crippen molar-refractivity contribution in [2.75, 3.05) is 29.6 Å². The molecule has 0 aliphatic heterocycles. The average molecular weight is 877 g/mol. The summed E-state index contributed by atoms with van der Waals surface area (Å²) in [6.45, 7) is 10.6. The zero-order valence-electron chi connectivity index (χ0n) is 36.8. The van der Waals surface area contributed by atoms with Gasteiger partial charge in [-0.3, -0.25) is 4.98 Å². The van der Waals surface area contributed by atoms with E-state index in [1.807, 2.05) is 6.20 Å². The fourth-order valence-electron chi connectivity index (χ4n) is 7.19. The standard InChI is InChI=1S/C52H48N10S2/c1-31(2)42-22-19-40-49(58-42)54-29-56-51(40)60-45-26-34(11-24-47(45)63-38-15-8-33(5)9-16-38)36-10-21-44(53-28-36)35-12-25-48(64-39-17-13-37(14-18-39)62(6)7)46(27-35)61-52-41-20-23-43(32(3)4)59-50(41)55-30-57-52/h8-32H,1-7H3,(H,54,56,58,60)(H,55,57,59,61). The number of aryl methyl sites for hydroxylation is 1. The summed E-state index contributed by atoms with van der Waals surface area (Å²) in [5.74, 6) is 1.97. The molecule has 0 unspecified atom stereocenters. The molecule has 9 rings (SSSR count). The van der Waals surface area contributed by atoms with Crippen molar-refractivity contribution in [2.45, 2.75) is 66.0 Å². The number of hydrogen-bond donors (Lipinski definition) is 2. The molecular formula is C52H48N10S2. The van der Waals surface area contributed by atoms with Crippen LogP contribution in [-0.4, -0.2) is 49.0 Å². The van der Waals surface area contributed by atoms with E-state index in [9.17, 15) is 0 Å². The van der Waals surface area contributed by atoms with Gasteiger partial charge >= 0.3 is 0 Å². The van der Waals surface area contributed by atoms with Crippen LogP contribution in [-0.2, 0) is 0 Å². The predicted molar refractivity (Wildman–Crippen MR) is 265 cm³/mol. The number of nitrogens with one attached hydrogen (secondary N) is 2. The van der Waals surface area contributed by atoms with Crippen LogP contribution in [0.15, 0.2) is 160 Å². The maximum absolute atomic E-state index is 5.04. The number of benzene rings is 4. The van der Waals surface area contributed by atoms with E-state index >= 15 is 0 Å². The topological polar surface area (TPSA) is 118 Å². The molecule has 0 saturated heterocycles. The number of rotatable bonds is 13. The van der Waals surface area contributed by atoms with Crippen molar-refractivity contribution >= 4 is 74.3 Å². The van der Waals surface area contributed by atoms with E-state index in [2.05, 4.69) is 206 Å². The van der Waals surface area contributed by atoms with E-state index in [1.54, 1.807) is 36.2 Å². The van der Waals surface area contributed by atoms with Gasteiger partial charge in [0.1, 0.15) is 24.3 Å². The van der Waals surface area contributed by atoms with Crippen molar-refractivity contribution in [3.8, 4) is 22.4 Å². The molecule has 2 N–H and O–H groups in total. The fraction of sp³-hybridized carbons (Fsp3) is 0.173. The lowest BCUT2D eigenvalue weighted by Gasteiger charge is -2.16. The van der Waals surface area contributed by atoms with Crippen LogP contribution in [0.3, 0.4) is 0 Å². The maximum Gasteiger partial charge on any atom is 0.164 e. The van der Waals surface area contributed by atoms with Crippen molar-refractivity contribution in [2.24, 2.45) is 0 Å². The Hall–Kier alpha value is -6.89. The Labute approximate surface area is 382 Å². The molecule has 0 radical (unpaired) electrons. The van der Waals surface area contributed by atoms with Gasteiger partial charge in [0.15, 0.2) is 11.3 Å². The molecule has 0 fully saturated rings. The predicted octanol–water partition coefficient (Wildman–Crippen LogP) is 13.5. The highest BCUT2D eigenvalue weighted by Gasteiger charge is 2.16. The third-order valence-corrected chi connectivity index (χ3v) is 13.1. The lowest BCUT2D eigenvalue weighted by Crippen LogP contribution is -2.07. The van der Waals surface area contributed by atoms with Gasteiger partial charge < -0.3 is 15.5 Å². The zero-order valence-corrected chi connectivity index (χ0v) is 38.5. The summed E-state index contributed by atoms with van der Waals surface area (Å²) in [5, 5.41) is 9.04. The third kappa shape index (κ3) is 9.39. The Bertz CT molecular complexity index is 3100. The summed E-state index contributed by atoms with van der Waals surface area (Å²) in [7, 11) is 4.10. The van der Waals surface area contributed by atoms with E-state index in [4.69, 9.17) is 15.0 Å². The summed E-state index contributed by atoms with van der Waals surface area (Å²) < 4.78 is 0. The second-order valence-corrected chi connectivity index (χ2v) is 18.7. The van der Waals surface area contributed by atoms with Gasteiger partial charge in [0.05, 0.1) is 27.8 Å². The Morgan fingerprint density at radius 1 is 0.500 bits per heavy atom. The normalized spacial score (nSPS) is 11.5. The van der Waals surface area contributed by atoms with Gasteiger partial charge in [-0.1, -0.05) is 87.1 Å². The van der Waals surface area contributed by atoms with Crippen LogP contribution < -0.4 is 15.5 Å². The molecule has 0 amide bonds. The lowest BCUT2D eigenvalue weighted by molar-refractivity contribution is 0.827. The molecular weight excluding hydrogens is 829 g/mol. The van der Waals surface area contributed by atoms with E-state index < -0.39 is 0 Å². The van der Waals surface area contributed by atoms with Gasteiger partial charge in [-0.25, -0.2) is 29.9 Å². The summed E-state index contributed by atoms with van der Waals surface area (Å²) in [6.07, 6.45) is 5.09. The zero-order chi connectivity index (χ0) is 44.3. The summed E-state index contributed by atoms with van der Waals surface area (Å²) in [6, 6.07) is 42.5. The SMILES string of the molecule is Cc1ccc(Sc2ccc(-c3ccc(-c4ccc(Sc5ccc(N(C)C)cc5)c(Nc5ncnc6nc(C(C)C)ccc56)c4)nc3)cc2Nc2ncnc3nc(C(C)C)ccc23)cc1. The molecule has 0 aliphatic carbocycles. The summed E-state index contributed by atoms with van der Waals surface area (Å²) in [5.41, 5.74) is 11.3. The minimum atomic E-state index is 0.288. The van der Waals surface area contributed by atoms with Crippen LogP contribution in [0.25, 0.3) is 44.5 Å². The largest absolute Gasteiger partial charge is 0.378 e. The molecule has 12 heteroatoms. The molecule has 0 bridgehead atoms. The lowest BCUT2D eigenvalue weighted by atomic mass is 10.0. The third-order valence-electron chi connectivity index (χ3n) is 10.9. The van der Waals surface area contributed by atoms with E-state index in [1.165, 1.54) is 5.56 Å². The Morgan fingerprint density at radius 3 is 1.50 bits per heavy atom. The summed E-state index contributed by atoms with van der Waals surface area (Å²) >= 11 is 3.40. The molecule has 0 aliphatic rings. The first kappa shape index (κ1) is 42.4. The van der Waals surface area contributed by atoms with E-state index in [-0.39, 0.29) is 5.92 Å². The number of hydrogen-bond acceptors (Lipinski definition) is 12. The summed E-state index contributed by atoms with van der Waals surface area (Å²) in [4.78, 5) is 39.6. The second kappa shape index (κ2) is 18.4. The molecule has 5 aromatic heterocycles. The molecule has 9 aromatic rings. The van der Waals surface area contributed by atoms with Gasteiger partial charge in [-0.05, 0) is 115 Å². The quantitative estimate of drug-likeness (QED) is 0.115. The highest BCUT2D eigenvalue weighted by Crippen LogP contribution is 2.41. The first-order valence-corrected chi connectivity index (χ1v) is 22.9. The Balaban J connectivity index is 1.05. The molecule has 5 heterocycles. The van der Waals surface area contributed by atoms with Crippen molar-refractivity contribution < 1.29 is 0 Å². The molecule has 0 saturated carbocycles. The number of pyridine rings is 3. The van der Waals surface area contributed by atoms with Crippen LogP contribution in [0.4, 0.5) is 28.7 Å². The van der Waals surface area contributed by atoms with Gasteiger partial charge in [0, 0.05) is 68.1 Å². The van der Waals surface area contributed by atoms with Gasteiger partial charge in [-0.15, -0.1) is 0 Å². The van der Waals surface area contributed by atoms with Crippen molar-refractivity contribution in [1.29, 1.82) is 0 Å². The fourth-order valence-corrected chi connectivity index (χ4v) is 8.96. The molecule has 64 heavy (non-hydrogen) atoms. The maximum atomic E-state index is 5.04. The minimum absolute atomic E-state index is 0.288. The van der Waals surface area contributed by atoms with Crippen LogP contribution in [0.5, 0.6) is 0 Å². The number of fused-ring (bicyclic) bond motifs is 2. The minimum Gasteiger partial charge on any atom is -0.378 e. The van der Waals surface area contributed by atoms with Crippen LogP contribution in [0.2, 0.25) is 0 Å². The average Bonchev–Trinajstić information content (AvgIpc) is 3.31. The number of aromatic nitrogens is 7. The first-order valence-electron chi connectivity index (χ1n) is 21.3. The van der Waals surface area contributed by atoms with Crippen LogP contribution in [0, 0.1) is 6.92 Å². The van der Waals surface area contributed by atoms with Gasteiger partial charge in [0.2, 0.25) is 0 Å². The number of nitrogens with zero attached hydrogens (tertiary/aromatic N) is 8. The van der Waals surface area contributed by atoms with Gasteiger partial charge in [-0.2, -0.15) is 0 Å². The molecule has 0 spiro atoms.